The van der Waals surface area contributed by atoms with Crippen molar-refractivity contribution in [2.75, 3.05) is 26.8 Å². The fraction of sp³-hybridized carbons (Fsp3) is 0.611. The van der Waals surface area contributed by atoms with E-state index in [4.69, 9.17) is 26.8 Å². The number of methoxy groups -OCH3 is 1. The van der Waals surface area contributed by atoms with Crippen molar-refractivity contribution in [3.63, 3.8) is 0 Å². The number of piperidine rings is 1. The number of carbonyl (C=O) groups is 1. The largest absolute Gasteiger partial charge is 0.384 e. The third-order valence-electron chi connectivity index (χ3n) is 4.54. The lowest BCUT2D eigenvalue weighted by atomic mass is 9.98. The zero-order valence-corrected chi connectivity index (χ0v) is 15.5. The smallest absolute Gasteiger partial charge is 0.242 e. The lowest BCUT2D eigenvalue weighted by Crippen LogP contribution is -2.52. The SMILES string of the molecule is COC[C@H]1CCCN(C(=O)[C@@H](N)[C@@H](C)OCc2ccc(Cl)cc2F)C1. The quantitative estimate of drug-likeness (QED) is 0.799. The topological polar surface area (TPSA) is 64.8 Å². The Morgan fingerprint density at radius 2 is 2.28 bits per heavy atom. The normalized spacial score (nSPS) is 20.4. The van der Waals surface area contributed by atoms with Crippen LogP contribution in [0.15, 0.2) is 18.2 Å². The maximum Gasteiger partial charge on any atom is 0.242 e. The molecule has 0 aliphatic carbocycles. The van der Waals surface area contributed by atoms with Gasteiger partial charge in [0.05, 0.1) is 19.3 Å². The molecule has 7 heteroatoms. The van der Waals surface area contributed by atoms with Gasteiger partial charge in [-0.2, -0.15) is 0 Å². The number of rotatable bonds is 7. The molecule has 1 aliphatic heterocycles. The van der Waals surface area contributed by atoms with E-state index < -0.39 is 18.0 Å². The Labute approximate surface area is 153 Å². The van der Waals surface area contributed by atoms with E-state index in [9.17, 15) is 9.18 Å². The third-order valence-corrected chi connectivity index (χ3v) is 4.78. The standard InChI is InChI=1S/C18H26ClFN2O3/c1-12(25-11-14-5-6-15(19)8-16(14)20)17(21)18(23)22-7-3-4-13(9-22)10-24-2/h5-6,8,12-13,17H,3-4,7,9-11,21H2,1-2H3/t12-,13+,17+/m1/s1. The molecule has 2 N–H and O–H groups in total. The van der Waals surface area contributed by atoms with Gasteiger partial charge in [-0.3, -0.25) is 4.79 Å². The molecule has 25 heavy (non-hydrogen) atoms. The second-order valence-corrected chi connectivity index (χ2v) is 6.96. The summed E-state index contributed by atoms with van der Waals surface area (Å²) in [6, 6.07) is 3.62. The van der Waals surface area contributed by atoms with Crippen molar-refractivity contribution < 1.29 is 18.7 Å². The van der Waals surface area contributed by atoms with E-state index >= 15 is 0 Å². The van der Waals surface area contributed by atoms with Crippen LogP contribution < -0.4 is 5.73 Å². The van der Waals surface area contributed by atoms with Gasteiger partial charge >= 0.3 is 0 Å². The fourth-order valence-corrected chi connectivity index (χ4v) is 3.17. The molecule has 0 saturated carbocycles. The number of carbonyl (C=O) groups excluding carboxylic acids is 1. The molecule has 1 fully saturated rings. The first-order valence-electron chi connectivity index (χ1n) is 8.51. The van der Waals surface area contributed by atoms with Crippen LogP contribution in [0.25, 0.3) is 0 Å². The van der Waals surface area contributed by atoms with E-state index in [1.807, 2.05) is 0 Å². The molecule has 0 unspecified atom stereocenters. The van der Waals surface area contributed by atoms with Crippen molar-refractivity contribution in [1.29, 1.82) is 0 Å². The third kappa shape index (κ3) is 5.64. The summed E-state index contributed by atoms with van der Waals surface area (Å²) >= 11 is 5.73. The number of hydrogen-bond acceptors (Lipinski definition) is 4. The Morgan fingerprint density at radius 1 is 1.52 bits per heavy atom. The highest BCUT2D eigenvalue weighted by molar-refractivity contribution is 6.30. The number of ether oxygens (including phenoxy) is 2. The molecule has 0 bridgehead atoms. The average Bonchev–Trinajstić information content (AvgIpc) is 2.60. The van der Waals surface area contributed by atoms with Gasteiger partial charge in [-0.1, -0.05) is 17.7 Å². The number of nitrogens with zero attached hydrogens (tertiary/aromatic N) is 1. The Kier molecular flexibility index (Phi) is 7.62. The van der Waals surface area contributed by atoms with Crippen LogP contribution in [-0.2, 0) is 20.9 Å². The predicted octanol–water partition coefficient (Wildman–Crippen LogP) is 2.60. The maximum absolute atomic E-state index is 13.8. The number of halogens is 2. The number of amides is 1. The first kappa shape index (κ1) is 20.1. The lowest BCUT2D eigenvalue weighted by Gasteiger charge is -2.35. The van der Waals surface area contributed by atoms with E-state index in [0.717, 1.165) is 12.8 Å². The second kappa shape index (κ2) is 9.48. The van der Waals surface area contributed by atoms with E-state index in [1.54, 1.807) is 31.1 Å². The van der Waals surface area contributed by atoms with Crippen LogP contribution in [0.1, 0.15) is 25.3 Å². The van der Waals surface area contributed by atoms with Crippen molar-refractivity contribution in [1.82, 2.24) is 4.90 Å². The Morgan fingerprint density at radius 3 is 2.96 bits per heavy atom. The van der Waals surface area contributed by atoms with E-state index in [1.165, 1.54) is 6.07 Å². The number of hydrogen-bond donors (Lipinski definition) is 1. The van der Waals surface area contributed by atoms with Crippen molar-refractivity contribution in [2.45, 2.75) is 38.5 Å². The highest BCUT2D eigenvalue weighted by atomic mass is 35.5. The minimum absolute atomic E-state index is 0.0391. The Balaban J connectivity index is 1.87. The van der Waals surface area contributed by atoms with E-state index in [2.05, 4.69) is 0 Å². The molecule has 2 rings (SSSR count). The molecular formula is C18H26ClFN2O3. The van der Waals surface area contributed by atoms with Gasteiger partial charge in [0.2, 0.25) is 5.91 Å². The van der Waals surface area contributed by atoms with E-state index in [-0.39, 0.29) is 12.5 Å². The van der Waals surface area contributed by atoms with Crippen LogP contribution >= 0.6 is 11.6 Å². The summed E-state index contributed by atoms with van der Waals surface area (Å²) < 4.78 is 24.6. The highest BCUT2D eigenvalue weighted by Gasteiger charge is 2.30. The summed E-state index contributed by atoms with van der Waals surface area (Å²) in [4.78, 5) is 14.4. The minimum atomic E-state index is -0.781. The highest BCUT2D eigenvalue weighted by Crippen LogP contribution is 2.19. The van der Waals surface area contributed by atoms with E-state index in [0.29, 0.717) is 36.2 Å². The molecule has 1 aliphatic rings. The lowest BCUT2D eigenvalue weighted by molar-refractivity contribution is -0.138. The van der Waals surface area contributed by atoms with Crippen LogP contribution in [0.2, 0.25) is 5.02 Å². The van der Waals surface area contributed by atoms with Gasteiger partial charge in [0.25, 0.3) is 0 Å². The zero-order valence-electron chi connectivity index (χ0n) is 14.7. The molecule has 1 amide bonds. The second-order valence-electron chi connectivity index (χ2n) is 6.53. The zero-order chi connectivity index (χ0) is 18.4. The molecular weight excluding hydrogens is 347 g/mol. The Hall–Kier alpha value is -1.21. The van der Waals surface area contributed by atoms with Crippen LogP contribution in [-0.4, -0.2) is 49.8 Å². The first-order chi connectivity index (χ1) is 11.9. The van der Waals surface area contributed by atoms with Gasteiger partial charge in [0.1, 0.15) is 11.9 Å². The summed E-state index contributed by atoms with van der Waals surface area (Å²) in [7, 11) is 1.66. The minimum Gasteiger partial charge on any atom is -0.384 e. The summed E-state index contributed by atoms with van der Waals surface area (Å²) in [6.07, 6.45) is 1.47. The van der Waals surface area contributed by atoms with Crippen molar-refractivity contribution >= 4 is 17.5 Å². The van der Waals surface area contributed by atoms with Gasteiger partial charge in [-0.15, -0.1) is 0 Å². The van der Waals surface area contributed by atoms with Crippen molar-refractivity contribution in [3.05, 3.63) is 34.6 Å². The summed E-state index contributed by atoms with van der Waals surface area (Å²) in [6.45, 7) is 3.76. The Bertz CT molecular complexity index is 585. The molecule has 0 radical (unpaired) electrons. The van der Waals surface area contributed by atoms with Gasteiger partial charge in [0.15, 0.2) is 0 Å². The maximum atomic E-state index is 13.8. The molecule has 0 aromatic heterocycles. The molecule has 5 nitrogen and oxygen atoms in total. The van der Waals surface area contributed by atoms with Crippen molar-refractivity contribution in [3.8, 4) is 0 Å². The predicted molar refractivity (Wildman–Crippen MR) is 94.8 cm³/mol. The number of benzene rings is 1. The van der Waals surface area contributed by atoms with Crippen LogP contribution in [0.4, 0.5) is 4.39 Å². The average molecular weight is 373 g/mol. The monoisotopic (exact) mass is 372 g/mol. The van der Waals surface area contributed by atoms with Gasteiger partial charge in [-0.05, 0) is 37.8 Å². The van der Waals surface area contributed by atoms with Crippen LogP contribution in [0.3, 0.4) is 0 Å². The summed E-state index contributed by atoms with van der Waals surface area (Å²) in [5.74, 6) is -0.225. The first-order valence-corrected chi connectivity index (χ1v) is 8.89. The van der Waals surface area contributed by atoms with Crippen LogP contribution in [0, 0.1) is 11.7 Å². The molecule has 140 valence electrons. The molecule has 3 atom stereocenters. The molecule has 0 spiro atoms. The van der Waals surface area contributed by atoms with Gasteiger partial charge in [-0.25, -0.2) is 4.39 Å². The summed E-state index contributed by atoms with van der Waals surface area (Å²) in [5, 5.41) is 0.330. The molecule has 1 heterocycles. The molecule has 1 aromatic rings. The van der Waals surface area contributed by atoms with Gasteiger partial charge < -0.3 is 20.1 Å². The number of nitrogens with two attached hydrogens (primary N) is 1. The van der Waals surface area contributed by atoms with Gasteiger partial charge in [0, 0.05) is 30.8 Å². The number of likely N-dealkylation sites (tertiary alicyclic amines) is 1. The van der Waals surface area contributed by atoms with Crippen molar-refractivity contribution in [2.24, 2.45) is 11.7 Å². The van der Waals surface area contributed by atoms with Crippen LogP contribution in [0.5, 0.6) is 0 Å². The molecule has 1 aromatic carbocycles. The summed E-state index contributed by atoms with van der Waals surface area (Å²) in [5.41, 5.74) is 6.46. The molecule has 1 saturated heterocycles. The fourth-order valence-electron chi connectivity index (χ4n) is 3.01.